The average Bonchev–Trinajstić information content (AvgIpc) is 3.02. The molecule has 2 saturated heterocycles. The van der Waals surface area contributed by atoms with Crippen molar-refractivity contribution < 1.29 is 4.79 Å². The van der Waals surface area contributed by atoms with Crippen LogP contribution >= 0.6 is 11.6 Å². The molecular formula is C16H20ClN2O. The summed E-state index contributed by atoms with van der Waals surface area (Å²) in [6, 6.07) is 7.25. The van der Waals surface area contributed by atoms with Gasteiger partial charge in [0.2, 0.25) is 0 Å². The summed E-state index contributed by atoms with van der Waals surface area (Å²) in [4.78, 5) is 15.0. The van der Waals surface area contributed by atoms with Gasteiger partial charge in [-0.05, 0) is 63.0 Å². The molecule has 2 aliphatic heterocycles. The molecule has 107 valence electrons. The first-order chi connectivity index (χ1) is 9.74. The Bertz CT molecular complexity index is 468. The van der Waals surface area contributed by atoms with Crippen molar-refractivity contribution in [1.82, 2.24) is 10.2 Å². The number of rotatable bonds is 3. The molecule has 4 heteroatoms. The smallest absolute Gasteiger partial charge is 0.166 e. The number of carbonyl (C=O) groups excluding carboxylic acids is 1. The summed E-state index contributed by atoms with van der Waals surface area (Å²) < 4.78 is 0. The van der Waals surface area contributed by atoms with Crippen LogP contribution in [0.5, 0.6) is 0 Å². The molecule has 2 unspecified atom stereocenters. The van der Waals surface area contributed by atoms with Crippen LogP contribution in [0, 0.1) is 5.92 Å². The zero-order chi connectivity index (χ0) is 13.9. The molecule has 3 rings (SSSR count). The third-order valence-electron chi connectivity index (χ3n) is 4.37. The van der Waals surface area contributed by atoms with Gasteiger partial charge in [0.15, 0.2) is 5.78 Å². The van der Waals surface area contributed by atoms with E-state index in [1.54, 1.807) is 12.1 Å². The van der Waals surface area contributed by atoms with E-state index in [1.165, 1.54) is 12.8 Å². The summed E-state index contributed by atoms with van der Waals surface area (Å²) in [5.74, 6) is 0.361. The zero-order valence-corrected chi connectivity index (χ0v) is 12.4. The number of hydrogen-bond acceptors (Lipinski definition) is 2. The molecule has 2 atom stereocenters. The van der Waals surface area contributed by atoms with Crippen molar-refractivity contribution in [2.45, 2.75) is 31.8 Å². The van der Waals surface area contributed by atoms with Crippen molar-refractivity contribution in [3.63, 3.8) is 0 Å². The van der Waals surface area contributed by atoms with E-state index in [0.29, 0.717) is 5.02 Å². The van der Waals surface area contributed by atoms with Gasteiger partial charge in [-0.25, -0.2) is 5.32 Å². The number of nitrogens with zero attached hydrogens (tertiary/aromatic N) is 2. The summed E-state index contributed by atoms with van der Waals surface area (Å²) in [7, 11) is 0. The largest absolute Gasteiger partial charge is 0.294 e. The quantitative estimate of drug-likeness (QED) is 0.803. The number of Topliss-reactive ketones (excluding diaryl/α,β-unsaturated/α-hetero) is 1. The number of ketones is 1. The third-order valence-corrected chi connectivity index (χ3v) is 4.63. The van der Waals surface area contributed by atoms with Gasteiger partial charge in [-0.2, -0.15) is 0 Å². The van der Waals surface area contributed by atoms with Crippen LogP contribution in [0.1, 0.15) is 36.0 Å². The summed E-state index contributed by atoms with van der Waals surface area (Å²) in [5, 5.41) is 5.38. The van der Waals surface area contributed by atoms with Crippen LogP contribution in [0.25, 0.3) is 0 Å². The molecule has 1 radical (unpaired) electrons. The van der Waals surface area contributed by atoms with Crippen molar-refractivity contribution in [3.05, 3.63) is 34.9 Å². The fraction of sp³-hybridized carbons (Fsp3) is 0.562. The molecule has 1 aromatic rings. The summed E-state index contributed by atoms with van der Waals surface area (Å²) in [5.41, 5.74) is 0.779. The van der Waals surface area contributed by atoms with Crippen molar-refractivity contribution in [3.8, 4) is 0 Å². The summed E-state index contributed by atoms with van der Waals surface area (Å²) >= 11 is 5.88. The van der Waals surface area contributed by atoms with Crippen LogP contribution < -0.4 is 5.32 Å². The fourth-order valence-electron chi connectivity index (χ4n) is 3.22. The molecule has 0 amide bonds. The molecule has 0 spiro atoms. The van der Waals surface area contributed by atoms with Gasteiger partial charge in [-0.1, -0.05) is 11.6 Å². The third kappa shape index (κ3) is 3.05. The highest BCUT2D eigenvalue weighted by atomic mass is 35.5. The first-order valence-electron chi connectivity index (χ1n) is 7.44. The number of carbonyl (C=O) groups is 1. The van der Waals surface area contributed by atoms with Gasteiger partial charge in [-0.3, -0.25) is 9.69 Å². The maximum Gasteiger partial charge on any atom is 0.166 e. The number of piperidine rings is 1. The lowest BCUT2D eigenvalue weighted by molar-refractivity contribution is 0.0791. The molecule has 1 aromatic carbocycles. The minimum atomic E-state index is 0.110. The van der Waals surface area contributed by atoms with E-state index in [1.807, 2.05) is 12.1 Å². The Balaban J connectivity index is 1.66. The van der Waals surface area contributed by atoms with Crippen LogP contribution in [-0.4, -0.2) is 36.5 Å². The van der Waals surface area contributed by atoms with Crippen molar-refractivity contribution in [2.75, 3.05) is 19.6 Å². The van der Waals surface area contributed by atoms with Crippen LogP contribution in [0.15, 0.2) is 24.3 Å². The summed E-state index contributed by atoms with van der Waals surface area (Å²) in [6.45, 7) is 3.08. The SMILES string of the molecule is O=C(c1ccc(Cl)cc1)C1CC[N]C(N2CCCC2)C1. The second kappa shape index (κ2) is 6.25. The van der Waals surface area contributed by atoms with Gasteiger partial charge >= 0.3 is 0 Å². The van der Waals surface area contributed by atoms with E-state index >= 15 is 0 Å². The topological polar surface area (TPSA) is 34.4 Å². The second-order valence-electron chi connectivity index (χ2n) is 5.72. The lowest BCUT2D eigenvalue weighted by Crippen LogP contribution is -2.46. The highest BCUT2D eigenvalue weighted by molar-refractivity contribution is 6.30. The molecule has 2 heterocycles. The molecule has 2 aliphatic rings. The van der Waals surface area contributed by atoms with Gasteiger partial charge in [0.05, 0.1) is 6.17 Å². The molecule has 20 heavy (non-hydrogen) atoms. The molecule has 0 N–H and O–H groups in total. The maximum absolute atomic E-state index is 12.6. The normalized spacial score (nSPS) is 27.6. The van der Waals surface area contributed by atoms with E-state index < -0.39 is 0 Å². The van der Waals surface area contributed by atoms with E-state index in [0.717, 1.165) is 38.0 Å². The Kier molecular flexibility index (Phi) is 4.39. The highest BCUT2D eigenvalue weighted by Crippen LogP contribution is 2.26. The van der Waals surface area contributed by atoms with Gasteiger partial charge < -0.3 is 0 Å². The van der Waals surface area contributed by atoms with Crippen LogP contribution in [0.2, 0.25) is 5.02 Å². The fourth-order valence-corrected chi connectivity index (χ4v) is 3.34. The van der Waals surface area contributed by atoms with Crippen molar-refractivity contribution >= 4 is 17.4 Å². The van der Waals surface area contributed by atoms with Gasteiger partial charge in [0, 0.05) is 23.0 Å². The zero-order valence-electron chi connectivity index (χ0n) is 11.6. The lowest BCUT2D eigenvalue weighted by Gasteiger charge is -2.34. The van der Waals surface area contributed by atoms with E-state index in [-0.39, 0.29) is 17.9 Å². The predicted octanol–water partition coefficient (Wildman–Crippen LogP) is 2.96. The molecular weight excluding hydrogens is 272 g/mol. The van der Waals surface area contributed by atoms with Crippen molar-refractivity contribution in [1.29, 1.82) is 0 Å². The van der Waals surface area contributed by atoms with Gasteiger partial charge in [0.25, 0.3) is 0 Å². The molecule has 0 bridgehead atoms. The Morgan fingerprint density at radius 1 is 1.20 bits per heavy atom. The molecule has 0 aliphatic carbocycles. The summed E-state index contributed by atoms with van der Waals surface area (Å²) in [6.07, 6.45) is 4.55. The number of hydrogen-bond donors (Lipinski definition) is 0. The predicted molar refractivity (Wildman–Crippen MR) is 80.1 cm³/mol. The minimum Gasteiger partial charge on any atom is -0.294 e. The van der Waals surface area contributed by atoms with Gasteiger partial charge in [-0.15, -0.1) is 0 Å². The molecule has 2 fully saturated rings. The Morgan fingerprint density at radius 2 is 1.90 bits per heavy atom. The molecule has 0 aromatic heterocycles. The monoisotopic (exact) mass is 291 g/mol. The Morgan fingerprint density at radius 3 is 2.60 bits per heavy atom. The first kappa shape index (κ1) is 14.1. The average molecular weight is 292 g/mol. The number of benzene rings is 1. The minimum absolute atomic E-state index is 0.110. The maximum atomic E-state index is 12.6. The second-order valence-corrected chi connectivity index (χ2v) is 6.16. The number of halogens is 1. The molecule has 0 saturated carbocycles. The highest BCUT2D eigenvalue weighted by Gasteiger charge is 2.32. The van der Waals surface area contributed by atoms with E-state index in [4.69, 9.17) is 16.9 Å². The van der Waals surface area contributed by atoms with Crippen LogP contribution in [-0.2, 0) is 0 Å². The number of likely N-dealkylation sites (tertiary alicyclic amines) is 1. The molecule has 3 nitrogen and oxygen atoms in total. The Labute approximate surface area is 125 Å². The van der Waals surface area contributed by atoms with E-state index in [9.17, 15) is 4.79 Å². The van der Waals surface area contributed by atoms with E-state index in [2.05, 4.69) is 4.90 Å². The first-order valence-corrected chi connectivity index (χ1v) is 7.82. The van der Waals surface area contributed by atoms with Crippen molar-refractivity contribution in [2.24, 2.45) is 5.92 Å². The van der Waals surface area contributed by atoms with Gasteiger partial charge in [0.1, 0.15) is 0 Å². The Hall–Kier alpha value is -0.900. The van der Waals surface area contributed by atoms with Crippen LogP contribution in [0.3, 0.4) is 0 Å². The lowest BCUT2D eigenvalue weighted by atomic mass is 9.88. The standard InChI is InChI=1S/C16H20ClN2O/c17-14-5-3-12(4-6-14)16(20)13-7-8-18-15(11-13)19-9-1-2-10-19/h3-6,13,15H,1-2,7-11H2. The van der Waals surface area contributed by atoms with Crippen LogP contribution in [0.4, 0.5) is 0 Å².